The van der Waals surface area contributed by atoms with Gasteiger partial charge in [-0.1, -0.05) is 20.8 Å². The van der Waals surface area contributed by atoms with Crippen molar-refractivity contribution in [2.24, 2.45) is 0 Å². The van der Waals surface area contributed by atoms with Gasteiger partial charge in [-0.25, -0.2) is 4.98 Å². The molecule has 0 amide bonds. The van der Waals surface area contributed by atoms with Crippen molar-refractivity contribution in [3.63, 3.8) is 0 Å². The Bertz CT molecular complexity index is 508. The minimum Gasteiger partial charge on any atom is -0.440 e. The Labute approximate surface area is 97.8 Å². The van der Waals surface area contributed by atoms with Gasteiger partial charge in [-0.15, -0.1) is 0 Å². The Balaban J connectivity index is 2.72. The second-order valence-corrected chi connectivity index (χ2v) is 5.64. The number of aryl methyl sites for hydroxylation is 1. The summed E-state index contributed by atoms with van der Waals surface area (Å²) in [5, 5.41) is 0. The summed E-state index contributed by atoms with van der Waals surface area (Å²) in [6, 6.07) is 4.20. The average Bonchev–Trinajstić information content (AvgIpc) is 2.44. The molecule has 2 aromatic rings. The van der Waals surface area contributed by atoms with Gasteiger partial charge in [-0.2, -0.15) is 0 Å². The van der Waals surface area contributed by atoms with Crippen molar-refractivity contribution in [1.29, 1.82) is 0 Å². The number of aromatic nitrogens is 1. The van der Waals surface area contributed by atoms with Gasteiger partial charge in [0.2, 0.25) is 0 Å². The van der Waals surface area contributed by atoms with Crippen molar-refractivity contribution in [1.82, 2.24) is 4.98 Å². The van der Waals surface area contributed by atoms with E-state index >= 15 is 0 Å². The maximum Gasteiger partial charge on any atom is 0.192 e. The van der Waals surface area contributed by atoms with E-state index in [-0.39, 0.29) is 5.41 Å². The monoisotopic (exact) mass is 267 g/mol. The van der Waals surface area contributed by atoms with Crippen LogP contribution in [0.3, 0.4) is 0 Å². The number of nitrogens with zero attached hydrogens (tertiary/aromatic N) is 1. The smallest absolute Gasteiger partial charge is 0.192 e. The summed E-state index contributed by atoms with van der Waals surface area (Å²) >= 11 is 3.52. The van der Waals surface area contributed by atoms with Crippen molar-refractivity contribution >= 4 is 27.0 Å². The second kappa shape index (κ2) is 3.34. The molecule has 2 nitrogen and oxygen atoms in total. The van der Waals surface area contributed by atoms with Gasteiger partial charge in [0.15, 0.2) is 11.5 Å². The minimum absolute atomic E-state index is 0.129. The van der Waals surface area contributed by atoms with Crippen LogP contribution >= 0.6 is 15.9 Å². The summed E-state index contributed by atoms with van der Waals surface area (Å²) in [5.74, 6) is 0.705. The molecule has 1 aromatic heterocycles. The molecule has 3 heteroatoms. The lowest BCUT2D eigenvalue weighted by atomic mass is 9.87. The Hall–Kier alpha value is -0.830. The van der Waals surface area contributed by atoms with Gasteiger partial charge in [0.1, 0.15) is 5.52 Å². The van der Waals surface area contributed by atoms with E-state index < -0.39 is 0 Å². The highest BCUT2D eigenvalue weighted by molar-refractivity contribution is 9.10. The first kappa shape index (κ1) is 10.7. The topological polar surface area (TPSA) is 26.0 Å². The third-order valence-corrected chi connectivity index (χ3v) is 3.01. The van der Waals surface area contributed by atoms with Crippen molar-refractivity contribution in [3.05, 3.63) is 28.1 Å². The summed E-state index contributed by atoms with van der Waals surface area (Å²) in [6.45, 7) is 8.43. The number of hydrogen-bond donors (Lipinski definition) is 0. The molecule has 0 aliphatic rings. The molecule has 2 rings (SSSR count). The molecular weight excluding hydrogens is 254 g/mol. The molecule has 1 aromatic carbocycles. The van der Waals surface area contributed by atoms with Crippen LogP contribution in [0.25, 0.3) is 11.1 Å². The molecule has 80 valence electrons. The first-order valence-electron chi connectivity index (χ1n) is 4.95. The zero-order valence-electron chi connectivity index (χ0n) is 9.39. The van der Waals surface area contributed by atoms with E-state index in [1.54, 1.807) is 0 Å². The Kier molecular flexibility index (Phi) is 2.38. The van der Waals surface area contributed by atoms with Gasteiger partial charge >= 0.3 is 0 Å². The van der Waals surface area contributed by atoms with E-state index in [4.69, 9.17) is 4.42 Å². The lowest BCUT2D eigenvalue weighted by Crippen LogP contribution is -2.10. The molecule has 0 saturated carbocycles. The molecule has 0 spiro atoms. The normalized spacial score (nSPS) is 12.3. The van der Waals surface area contributed by atoms with Gasteiger partial charge in [0.05, 0.1) is 4.47 Å². The minimum atomic E-state index is 0.129. The fraction of sp³-hybridized carbons (Fsp3) is 0.417. The first-order chi connectivity index (χ1) is 6.88. The van der Waals surface area contributed by atoms with Crippen molar-refractivity contribution in [2.75, 3.05) is 0 Å². The molecule has 0 saturated heterocycles. The predicted molar refractivity (Wildman–Crippen MR) is 65.1 cm³/mol. The molecule has 0 bridgehead atoms. The predicted octanol–water partition coefficient (Wildman–Crippen LogP) is 4.20. The van der Waals surface area contributed by atoms with Gasteiger partial charge in [-0.3, -0.25) is 0 Å². The van der Waals surface area contributed by atoms with Crippen LogP contribution in [-0.4, -0.2) is 4.98 Å². The standard InChI is InChI=1S/C12H14BrNO/c1-7-14-10-6-8(12(2,3)4)5-9(13)11(10)15-7/h5-6H,1-4H3. The van der Waals surface area contributed by atoms with E-state index in [1.807, 2.05) is 6.92 Å². The fourth-order valence-corrected chi connectivity index (χ4v) is 2.07. The SMILES string of the molecule is Cc1nc2cc(C(C)(C)C)cc(Br)c2o1. The molecule has 0 radical (unpaired) electrons. The van der Waals surface area contributed by atoms with Gasteiger partial charge in [0.25, 0.3) is 0 Å². The Morgan fingerprint density at radius 2 is 1.93 bits per heavy atom. The highest BCUT2D eigenvalue weighted by Crippen LogP contribution is 2.31. The van der Waals surface area contributed by atoms with Gasteiger partial charge in [0, 0.05) is 6.92 Å². The molecule has 1 heterocycles. The van der Waals surface area contributed by atoms with Crippen LogP contribution in [-0.2, 0) is 5.41 Å². The third-order valence-electron chi connectivity index (χ3n) is 2.42. The largest absolute Gasteiger partial charge is 0.440 e. The number of oxazole rings is 1. The molecule has 0 N–H and O–H groups in total. The molecule has 15 heavy (non-hydrogen) atoms. The average molecular weight is 268 g/mol. The van der Waals surface area contributed by atoms with Crippen LogP contribution in [0.5, 0.6) is 0 Å². The lowest BCUT2D eigenvalue weighted by molar-refractivity contribution is 0.559. The number of hydrogen-bond acceptors (Lipinski definition) is 2. The summed E-state index contributed by atoms with van der Waals surface area (Å²) in [5.41, 5.74) is 3.14. The maximum absolute atomic E-state index is 5.51. The molecule has 0 fully saturated rings. The highest BCUT2D eigenvalue weighted by Gasteiger charge is 2.17. The van der Waals surface area contributed by atoms with E-state index in [1.165, 1.54) is 5.56 Å². The van der Waals surface area contributed by atoms with Crippen LogP contribution in [0.1, 0.15) is 32.2 Å². The maximum atomic E-state index is 5.51. The van der Waals surface area contributed by atoms with Crippen LogP contribution in [0, 0.1) is 6.92 Å². The number of benzene rings is 1. The molecule has 0 aliphatic carbocycles. The third kappa shape index (κ3) is 1.93. The number of rotatable bonds is 0. The zero-order valence-corrected chi connectivity index (χ0v) is 11.0. The van der Waals surface area contributed by atoms with E-state index in [0.29, 0.717) is 5.89 Å². The highest BCUT2D eigenvalue weighted by atomic mass is 79.9. The summed E-state index contributed by atoms with van der Waals surface area (Å²) in [4.78, 5) is 4.35. The summed E-state index contributed by atoms with van der Waals surface area (Å²) in [6.07, 6.45) is 0. The molecule has 0 aliphatic heterocycles. The van der Waals surface area contributed by atoms with Crippen LogP contribution in [0.15, 0.2) is 21.0 Å². The van der Waals surface area contributed by atoms with Crippen molar-refractivity contribution in [3.8, 4) is 0 Å². The first-order valence-corrected chi connectivity index (χ1v) is 5.74. The summed E-state index contributed by atoms with van der Waals surface area (Å²) < 4.78 is 6.49. The zero-order chi connectivity index (χ0) is 11.2. The van der Waals surface area contributed by atoms with E-state index in [9.17, 15) is 0 Å². The quantitative estimate of drug-likeness (QED) is 0.715. The van der Waals surface area contributed by atoms with Gasteiger partial charge < -0.3 is 4.42 Å². The lowest BCUT2D eigenvalue weighted by Gasteiger charge is -2.18. The second-order valence-electron chi connectivity index (χ2n) is 4.79. The Morgan fingerprint density at radius 1 is 1.27 bits per heavy atom. The molecule has 0 atom stereocenters. The summed E-state index contributed by atoms with van der Waals surface area (Å²) in [7, 11) is 0. The number of fused-ring (bicyclic) bond motifs is 1. The Morgan fingerprint density at radius 3 is 2.53 bits per heavy atom. The van der Waals surface area contributed by atoms with E-state index in [2.05, 4.69) is 53.8 Å². The van der Waals surface area contributed by atoms with Crippen LogP contribution in [0.4, 0.5) is 0 Å². The van der Waals surface area contributed by atoms with Gasteiger partial charge in [-0.05, 0) is 39.0 Å². The molecular formula is C12H14BrNO. The van der Waals surface area contributed by atoms with Crippen molar-refractivity contribution in [2.45, 2.75) is 33.1 Å². The van der Waals surface area contributed by atoms with Crippen LogP contribution < -0.4 is 0 Å². The molecule has 0 unspecified atom stereocenters. The van der Waals surface area contributed by atoms with E-state index in [0.717, 1.165) is 15.6 Å². The van der Waals surface area contributed by atoms with Crippen molar-refractivity contribution < 1.29 is 4.42 Å². The number of halogens is 1. The fourth-order valence-electron chi connectivity index (χ4n) is 1.54. The van der Waals surface area contributed by atoms with Crippen LogP contribution in [0.2, 0.25) is 0 Å².